The van der Waals surface area contributed by atoms with Crippen molar-refractivity contribution in [3.05, 3.63) is 89.1 Å². The number of benzene rings is 2. The largest absolute Gasteiger partial charge is 0.362 e. The van der Waals surface area contributed by atoms with Crippen LogP contribution in [0.1, 0.15) is 30.9 Å². The maximum atomic E-state index is 12.5. The van der Waals surface area contributed by atoms with Crippen molar-refractivity contribution < 1.29 is 0 Å². The summed E-state index contributed by atoms with van der Waals surface area (Å²) in [6.07, 6.45) is 3.32. The van der Waals surface area contributed by atoms with Crippen LogP contribution in [0.25, 0.3) is 22.6 Å². The van der Waals surface area contributed by atoms with Gasteiger partial charge in [-0.05, 0) is 35.4 Å². The molecule has 0 atom stereocenters. The van der Waals surface area contributed by atoms with Crippen molar-refractivity contribution >= 4 is 16.9 Å². The first-order valence-corrected chi connectivity index (χ1v) is 9.58. The van der Waals surface area contributed by atoms with Gasteiger partial charge in [-0.15, -0.1) is 0 Å². The van der Waals surface area contributed by atoms with E-state index in [0.29, 0.717) is 29.5 Å². The number of aromatic amines is 1. The molecular weight excluding hydrogens is 362 g/mol. The van der Waals surface area contributed by atoms with E-state index in [2.05, 4.69) is 41.8 Å². The minimum Gasteiger partial charge on any atom is -0.362 e. The summed E-state index contributed by atoms with van der Waals surface area (Å²) in [5.41, 5.74) is 5.16. The standard InChI is InChI=1S/C23H23N5O/c1-4-24-17-11-9-16(10-12-17)14-28-22-20(26-23(28)29)13-25-21(27-22)19-8-6-5-7-18(19)15(2)3/h4-13,15,24H,1,14H2,2-3H3,(H,26,29). The Bertz CT molecular complexity index is 1220. The van der Waals surface area contributed by atoms with Crippen molar-refractivity contribution in [2.24, 2.45) is 0 Å². The first-order valence-electron chi connectivity index (χ1n) is 9.58. The Hall–Kier alpha value is -3.67. The normalized spacial score (nSPS) is 11.1. The highest BCUT2D eigenvalue weighted by Crippen LogP contribution is 2.27. The average molecular weight is 385 g/mol. The SMILES string of the molecule is C=CNc1ccc(Cn2c(=O)[nH]c3cnc(-c4ccccc4C(C)C)nc32)cc1. The number of aromatic nitrogens is 4. The van der Waals surface area contributed by atoms with Crippen LogP contribution < -0.4 is 11.0 Å². The molecule has 4 aromatic rings. The molecule has 0 fully saturated rings. The summed E-state index contributed by atoms with van der Waals surface area (Å²) in [7, 11) is 0. The third-order valence-electron chi connectivity index (χ3n) is 4.90. The van der Waals surface area contributed by atoms with Crippen molar-refractivity contribution in [3.63, 3.8) is 0 Å². The highest BCUT2D eigenvalue weighted by atomic mass is 16.1. The summed E-state index contributed by atoms with van der Waals surface area (Å²) in [6, 6.07) is 16.0. The van der Waals surface area contributed by atoms with Gasteiger partial charge in [-0.3, -0.25) is 4.57 Å². The Morgan fingerprint density at radius 1 is 1.17 bits per heavy atom. The van der Waals surface area contributed by atoms with E-state index in [1.54, 1.807) is 17.0 Å². The van der Waals surface area contributed by atoms with Crippen molar-refractivity contribution in [2.75, 3.05) is 5.32 Å². The van der Waals surface area contributed by atoms with Crippen LogP contribution in [-0.4, -0.2) is 19.5 Å². The summed E-state index contributed by atoms with van der Waals surface area (Å²) in [5.74, 6) is 0.974. The van der Waals surface area contributed by atoms with Crippen LogP contribution in [0.5, 0.6) is 0 Å². The number of anilines is 1. The number of hydrogen-bond donors (Lipinski definition) is 2. The van der Waals surface area contributed by atoms with E-state index < -0.39 is 0 Å². The molecule has 0 unspecified atom stereocenters. The van der Waals surface area contributed by atoms with Crippen LogP contribution in [0, 0.1) is 0 Å². The predicted octanol–water partition coefficient (Wildman–Crippen LogP) is 4.51. The summed E-state index contributed by atoms with van der Waals surface area (Å²) < 4.78 is 1.65. The second-order valence-corrected chi connectivity index (χ2v) is 7.23. The summed E-state index contributed by atoms with van der Waals surface area (Å²) in [6.45, 7) is 8.38. The highest BCUT2D eigenvalue weighted by Gasteiger charge is 2.14. The smallest absolute Gasteiger partial charge is 0.328 e. The molecule has 2 N–H and O–H groups in total. The summed E-state index contributed by atoms with van der Waals surface area (Å²) in [5, 5.41) is 3.04. The van der Waals surface area contributed by atoms with Gasteiger partial charge in [-0.25, -0.2) is 14.8 Å². The molecule has 2 aromatic carbocycles. The fourth-order valence-corrected chi connectivity index (χ4v) is 3.43. The molecule has 0 aliphatic heterocycles. The lowest BCUT2D eigenvalue weighted by Gasteiger charge is -2.11. The van der Waals surface area contributed by atoms with Crippen LogP contribution in [-0.2, 0) is 6.54 Å². The number of fused-ring (bicyclic) bond motifs is 1. The van der Waals surface area contributed by atoms with Gasteiger partial charge in [0, 0.05) is 11.3 Å². The van der Waals surface area contributed by atoms with Gasteiger partial charge < -0.3 is 10.3 Å². The molecule has 0 radical (unpaired) electrons. The molecule has 0 aliphatic carbocycles. The van der Waals surface area contributed by atoms with Crippen LogP contribution in [0.4, 0.5) is 5.69 Å². The quantitative estimate of drug-likeness (QED) is 0.512. The number of imidazole rings is 1. The Balaban J connectivity index is 1.76. The van der Waals surface area contributed by atoms with E-state index in [-0.39, 0.29) is 5.69 Å². The fourth-order valence-electron chi connectivity index (χ4n) is 3.43. The molecule has 29 heavy (non-hydrogen) atoms. The van der Waals surface area contributed by atoms with Crippen LogP contribution in [0.2, 0.25) is 0 Å². The van der Waals surface area contributed by atoms with Crippen molar-refractivity contribution in [1.29, 1.82) is 0 Å². The Kier molecular flexibility index (Phi) is 4.99. The second-order valence-electron chi connectivity index (χ2n) is 7.23. The van der Waals surface area contributed by atoms with E-state index in [1.165, 1.54) is 5.56 Å². The molecule has 0 saturated carbocycles. The average Bonchev–Trinajstić information content (AvgIpc) is 3.04. The number of nitrogens with zero attached hydrogens (tertiary/aromatic N) is 3. The molecule has 2 heterocycles. The molecule has 0 spiro atoms. The summed E-state index contributed by atoms with van der Waals surface area (Å²) >= 11 is 0. The molecule has 0 saturated heterocycles. The van der Waals surface area contributed by atoms with E-state index in [9.17, 15) is 4.79 Å². The predicted molar refractivity (Wildman–Crippen MR) is 117 cm³/mol. The lowest BCUT2D eigenvalue weighted by atomic mass is 9.97. The number of rotatable bonds is 6. The van der Waals surface area contributed by atoms with E-state index >= 15 is 0 Å². The molecule has 0 bridgehead atoms. The van der Waals surface area contributed by atoms with Gasteiger partial charge in [-0.2, -0.15) is 0 Å². The zero-order chi connectivity index (χ0) is 20.4. The minimum atomic E-state index is -0.197. The lowest BCUT2D eigenvalue weighted by Crippen LogP contribution is -2.17. The number of H-pyrrole nitrogens is 1. The molecule has 6 heteroatoms. The third-order valence-corrected chi connectivity index (χ3v) is 4.90. The van der Waals surface area contributed by atoms with E-state index in [0.717, 1.165) is 16.8 Å². The zero-order valence-corrected chi connectivity index (χ0v) is 16.5. The van der Waals surface area contributed by atoms with Gasteiger partial charge in [0.25, 0.3) is 0 Å². The Labute approximate surface area is 169 Å². The minimum absolute atomic E-state index is 0.197. The van der Waals surface area contributed by atoms with Gasteiger partial charge in [0.15, 0.2) is 11.5 Å². The first kappa shape index (κ1) is 18.7. The Morgan fingerprint density at radius 3 is 2.66 bits per heavy atom. The monoisotopic (exact) mass is 385 g/mol. The molecule has 0 amide bonds. The van der Waals surface area contributed by atoms with Crippen molar-refractivity contribution in [2.45, 2.75) is 26.3 Å². The fraction of sp³-hybridized carbons (Fsp3) is 0.174. The van der Waals surface area contributed by atoms with Gasteiger partial charge in [-0.1, -0.05) is 56.8 Å². The van der Waals surface area contributed by atoms with Crippen LogP contribution in [0.3, 0.4) is 0 Å². The van der Waals surface area contributed by atoms with Crippen LogP contribution >= 0.6 is 0 Å². The van der Waals surface area contributed by atoms with Crippen molar-refractivity contribution in [1.82, 2.24) is 19.5 Å². The third kappa shape index (κ3) is 3.69. The van der Waals surface area contributed by atoms with E-state index in [1.807, 2.05) is 42.5 Å². The molecule has 6 nitrogen and oxygen atoms in total. The van der Waals surface area contributed by atoms with E-state index in [4.69, 9.17) is 4.98 Å². The maximum Gasteiger partial charge on any atom is 0.328 e. The van der Waals surface area contributed by atoms with Gasteiger partial charge >= 0.3 is 5.69 Å². The Morgan fingerprint density at radius 2 is 1.93 bits per heavy atom. The topological polar surface area (TPSA) is 75.6 Å². The molecule has 4 rings (SSSR count). The number of nitrogens with one attached hydrogen (secondary N) is 2. The van der Waals surface area contributed by atoms with Gasteiger partial charge in [0.05, 0.1) is 12.7 Å². The lowest BCUT2D eigenvalue weighted by molar-refractivity contribution is 0.777. The molecular formula is C23H23N5O. The molecule has 0 aliphatic rings. The van der Waals surface area contributed by atoms with Crippen LogP contribution in [0.15, 0.2) is 72.3 Å². The van der Waals surface area contributed by atoms with Crippen molar-refractivity contribution in [3.8, 4) is 11.4 Å². The highest BCUT2D eigenvalue weighted by molar-refractivity contribution is 5.73. The molecule has 2 aromatic heterocycles. The van der Waals surface area contributed by atoms with Gasteiger partial charge in [0.2, 0.25) is 0 Å². The second kappa shape index (κ2) is 7.75. The zero-order valence-electron chi connectivity index (χ0n) is 16.5. The molecule has 146 valence electrons. The summed E-state index contributed by atoms with van der Waals surface area (Å²) in [4.78, 5) is 24.7. The number of hydrogen-bond acceptors (Lipinski definition) is 4. The first-order chi connectivity index (χ1) is 14.1. The van der Waals surface area contributed by atoms with Gasteiger partial charge in [0.1, 0.15) is 5.52 Å². The maximum absolute atomic E-state index is 12.5.